The molecule has 166 valence electrons. The molecule has 0 saturated heterocycles. The second-order valence-electron chi connectivity index (χ2n) is 7.21. The van der Waals surface area contributed by atoms with E-state index in [1.807, 2.05) is 60.7 Å². The second-order valence-corrected chi connectivity index (χ2v) is 8.05. The number of allylic oxidation sites excluding steroid dienone is 1. The number of nitrogens with zero attached hydrogens (tertiary/aromatic N) is 3. The lowest BCUT2D eigenvalue weighted by Crippen LogP contribution is -2.20. The van der Waals surface area contributed by atoms with E-state index >= 15 is 0 Å². The Labute approximate surface area is 206 Å². The molecule has 1 aliphatic heterocycles. The largest absolute Gasteiger partial charge is 0.324 e. The molecule has 6 nitrogen and oxygen atoms in total. The predicted octanol–water partition coefficient (Wildman–Crippen LogP) is 6.32. The van der Waals surface area contributed by atoms with Gasteiger partial charge >= 0.3 is 0 Å². The van der Waals surface area contributed by atoms with Crippen LogP contribution in [-0.4, -0.2) is 20.7 Å². The minimum Gasteiger partial charge on any atom is -0.324 e. The molecule has 0 aliphatic carbocycles. The SMILES string of the molecule is Cl.O=C(Nc1nc2n(n1)C(c1ccccc1)C=C(c1ccccc1)N2)c1ccc(Cl)cc1Cl. The molecule has 0 radical (unpaired) electrons. The van der Waals surface area contributed by atoms with Gasteiger partial charge in [0.2, 0.25) is 5.95 Å². The summed E-state index contributed by atoms with van der Waals surface area (Å²) in [7, 11) is 0. The van der Waals surface area contributed by atoms with Crippen molar-refractivity contribution in [3.05, 3.63) is 112 Å². The monoisotopic (exact) mass is 497 g/mol. The van der Waals surface area contributed by atoms with Gasteiger partial charge in [-0.1, -0.05) is 83.9 Å². The molecule has 5 rings (SSSR count). The Morgan fingerprint density at radius 1 is 0.970 bits per heavy atom. The first kappa shape index (κ1) is 22.9. The van der Waals surface area contributed by atoms with Gasteiger partial charge < -0.3 is 5.32 Å². The molecule has 0 spiro atoms. The molecule has 1 amide bonds. The molecular formula is C24H18Cl3N5O. The van der Waals surface area contributed by atoms with Gasteiger partial charge in [-0.3, -0.25) is 10.1 Å². The van der Waals surface area contributed by atoms with Crippen molar-refractivity contribution in [3.63, 3.8) is 0 Å². The molecule has 1 aromatic heterocycles. The van der Waals surface area contributed by atoms with E-state index in [1.54, 1.807) is 16.8 Å². The maximum atomic E-state index is 12.7. The zero-order valence-corrected chi connectivity index (χ0v) is 19.4. The first-order valence-electron chi connectivity index (χ1n) is 9.90. The van der Waals surface area contributed by atoms with Crippen LogP contribution in [0.1, 0.15) is 27.5 Å². The molecule has 9 heteroatoms. The first-order chi connectivity index (χ1) is 15.6. The highest BCUT2D eigenvalue weighted by Gasteiger charge is 2.26. The molecule has 3 aromatic carbocycles. The predicted molar refractivity (Wildman–Crippen MR) is 134 cm³/mol. The number of hydrogen-bond donors (Lipinski definition) is 2. The second kappa shape index (κ2) is 9.67. The summed E-state index contributed by atoms with van der Waals surface area (Å²) >= 11 is 12.1. The van der Waals surface area contributed by atoms with Gasteiger partial charge in [-0.2, -0.15) is 4.98 Å². The van der Waals surface area contributed by atoms with Crippen molar-refractivity contribution in [1.29, 1.82) is 0 Å². The van der Waals surface area contributed by atoms with Crippen molar-refractivity contribution < 1.29 is 4.79 Å². The minimum atomic E-state index is -0.415. The lowest BCUT2D eigenvalue weighted by atomic mass is 10.0. The van der Waals surface area contributed by atoms with Crippen molar-refractivity contribution in [2.45, 2.75) is 6.04 Å². The van der Waals surface area contributed by atoms with Gasteiger partial charge in [0.25, 0.3) is 11.9 Å². The molecule has 1 aliphatic rings. The molecule has 2 heterocycles. The lowest BCUT2D eigenvalue weighted by molar-refractivity contribution is 0.102. The number of carbonyl (C=O) groups excluding carboxylic acids is 1. The fourth-order valence-electron chi connectivity index (χ4n) is 3.56. The van der Waals surface area contributed by atoms with Crippen molar-refractivity contribution in [3.8, 4) is 0 Å². The molecule has 0 saturated carbocycles. The highest BCUT2D eigenvalue weighted by Crippen LogP contribution is 2.33. The van der Waals surface area contributed by atoms with Crippen molar-refractivity contribution in [2.24, 2.45) is 0 Å². The van der Waals surface area contributed by atoms with Crippen molar-refractivity contribution in [2.75, 3.05) is 10.6 Å². The topological polar surface area (TPSA) is 71.8 Å². The van der Waals surface area contributed by atoms with Gasteiger partial charge in [-0.15, -0.1) is 17.5 Å². The number of anilines is 2. The van der Waals surface area contributed by atoms with E-state index in [0.29, 0.717) is 16.5 Å². The number of hydrogen-bond acceptors (Lipinski definition) is 4. The van der Waals surface area contributed by atoms with Crippen LogP contribution in [0.25, 0.3) is 5.70 Å². The zero-order chi connectivity index (χ0) is 22.1. The Morgan fingerprint density at radius 2 is 1.67 bits per heavy atom. The molecule has 0 bridgehead atoms. The van der Waals surface area contributed by atoms with Crippen LogP contribution in [-0.2, 0) is 0 Å². The fraction of sp³-hybridized carbons (Fsp3) is 0.0417. The number of carbonyl (C=O) groups is 1. The molecule has 33 heavy (non-hydrogen) atoms. The Bertz CT molecular complexity index is 1320. The van der Waals surface area contributed by atoms with Crippen LogP contribution >= 0.6 is 35.6 Å². The van der Waals surface area contributed by atoms with Gasteiger partial charge in [0.05, 0.1) is 10.6 Å². The summed E-state index contributed by atoms with van der Waals surface area (Å²) in [6, 6.07) is 24.5. The third-order valence-electron chi connectivity index (χ3n) is 5.09. The Hall–Kier alpha value is -3.32. The number of fused-ring (bicyclic) bond motifs is 1. The molecular weight excluding hydrogens is 481 g/mol. The minimum absolute atomic E-state index is 0. The van der Waals surface area contributed by atoms with E-state index in [-0.39, 0.29) is 29.4 Å². The summed E-state index contributed by atoms with van der Waals surface area (Å²) in [5, 5.41) is 11.3. The van der Waals surface area contributed by atoms with Crippen LogP contribution in [0.5, 0.6) is 0 Å². The third kappa shape index (κ3) is 4.73. The molecule has 1 unspecified atom stereocenters. The maximum absolute atomic E-state index is 12.7. The number of aromatic nitrogens is 3. The quantitative estimate of drug-likeness (QED) is 0.346. The maximum Gasteiger partial charge on any atom is 0.259 e. The number of rotatable bonds is 4. The molecule has 0 fully saturated rings. The van der Waals surface area contributed by atoms with Crippen LogP contribution in [0.3, 0.4) is 0 Å². The average Bonchev–Trinajstić information content (AvgIpc) is 3.21. The van der Waals surface area contributed by atoms with Gasteiger partial charge in [-0.25, -0.2) is 4.68 Å². The number of halogens is 3. The van der Waals surface area contributed by atoms with Crippen molar-refractivity contribution >= 4 is 59.1 Å². The van der Waals surface area contributed by atoms with E-state index in [1.165, 1.54) is 6.07 Å². The normalized spacial score (nSPS) is 14.4. The smallest absolute Gasteiger partial charge is 0.259 e. The van der Waals surface area contributed by atoms with Crippen LogP contribution < -0.4 is 10.6 Å². The summed E-state index contributed by atoms with van der Waals surface area (Å²) in [4.78, 5) is 17.2. The van der Waals surface area contributed by atoms with Gasteiger partial charge in [0.15, 0.2) is 0 Å². The van der Waals surface area contributed by atoms with Crippen LogP contribution in [0, 0.1) is 0 Å². The van der Waals surface area contributed by atoms with Gasteiger partial charge in [0, 0.05) is 10.7 Å². The van der Waals surface area contributed by atoms with Crippen LogP contribution in [0.2, 0.25) is 10.0 Å². The summed E-state index contributed by atoms with van der Waals surface area (Å²) in [5.41, 5.74) is 3.28. The molecule has 4 aromatic rings. The summed E-state index contributed by atoms with van der Waals surface area (Å²) in [6.45, 7) is 0. The molecule has 2 N–H and O–H groups in total. The number of nitrogens with one attached hydrogen (secondary N) is 2. The third-order valence-corrected chi connectivity index (χ3v) is 5.64. The van der Waals surface area contributed by atoms with Crippen molar-refractivity contribution in [1.82, 2.24) is 14.8 Å². The first-order valence-corrected chi connectivity index (χ1v) is 10.7. The standard InChI is InChI=1S/C24H17Cl2N5O.ClH/c25-17-11-12-18(19(26)13-17)22(32)28-23-29-24-27-20(15-7-3-1-4-8-15)14-21(31(24)30-23)16-9-5-2-6-10-16;/h1-14,21H,(H2,27,28,29,30,32);1H. The van der Waals surface area contributed by atoms with E-state index in [9.17, 15) is 4.79 Å². The van der Waals surface area contributed by atoms with Gasteiger partial charge in [-0.05, 0) is 35.4 Å². The molecule has 1 atom stereocenters. The van der Waals surface area contributed by atoms with Crippen LogP contribution in [0.15, 0.2) is 84.9 Å². The summed E-state index contributed by atoms with van der Waals surface area (Å²) < 4.78 is 1.75. The number of amides is 1. The lowest BCUT2D eigenvalue weighted by Gasteiger charge is -2.24. The van der Waals surface area contributed by atoms with E-state index in [4.69, 9.17) is 23.2 Å². The van der Waals surface area contributed by atoms with E-state index in [2.05, 4.69) is 26.8 Å². The van der Waals surface area contributed by atoms with E-state index in [0.717, 1.165) is 16.8 Å². The Morgan fingerprint density at radius 3 is 2.36 bits per heavy atom. The fourth-order valence-corrected chi connectivity index (χ4v) is 4.06. The van der Waals surface area contributed by atoms with E-state index < -0.39 is 5.91 Å². The highest BCUT2D eigenvalue weighted by molar-refractivity contribution is 6.37. The Kier molecular flexibility index (Phi) is 6.70. The summed E-state index contributed by atoms with van der Waals surface area (Å²) in [6.07, 6.45) is 2.09. The Balaban J connectivity index is 0.00000259. The summed E-state index contributed by atoms with van der Waals surface area (Å²) in [5.74, 6) is 0.284. The van der Waals surface area contributed by atoms with Gasteiger partial charge in [0.1, 0.15) is 6.04 Å². The highest BCUT2D eigenvalue weighted by atomic mass is 35.5. The van der Waals surface area contributed by atoms with Crippen LogP contribution in [0.4, 0.5) is 11.9 Å². The average molecular weight is 499 g/mol. The zero-order valence-electron chi connectivity index (χ0n) is 17.1. The number of benzene rings is 3.